The fourth-order valence-corrected chi connectivity index (χ4v) is 2.75. The molecular formula is C12H19N3O2S. The van der Waals surface area contributed by atoms with Crippen molar-refractivity contribution < 1.29 is 8.42 Å². The zero-order chi connectivity index (χ0) is 13.2. The third-order valence-corrected chi connectivity index (χ3v) is 4.25. The number of hydrogen-bond donors (Lipinski definition) is 2. The summed E-state index contributed by atoms with van der Waals surface area (Å²) in [7, 11) is -3.41. The topological polar surface area (TPSA) is 71.1 Å². The second-order valence-electron chi connectivity index (χ2n) is 4.65. The Kier molecular flexibility index (Phi) is 3.87. The van der Waals surface area contributed by atoms with E-state index in [2.05, 4.69) is 15.0 Å². The zero-order valence-corrected chi connectivity index (χ0v) is 11.5. The molecule has 0 atom stereocenters. The number of nitrogens with zero attached hydrogens (tertiary/aromatic N) is 1. The van der Waals surface area contributed by atoms with Gasteiger partial charge in [-0.1, -0.05) is 6.92 Å². The highest BCUT2D eigenvalue weighted by Gasteiger charge is 2.22. The maximum atomic E-state index is 11.9. The maximum absolute atomic E-state index is 11.9. The Morgan fingerprint density at radius 2 is 2.17 bits per heavy atom. The third-order valence-electron chi connectivity index (χ3n) is 2.82. The maximum Gasteiger partial charge on any atom is 0.242 e. The first kappa shape index (κ1) is 13.3. The first-order chi connectivity index (χ1) is 8.53. The van der Waals surface area contributed by atoms with Gasteiger partial charge in [-0.2, -0.15) is 0 Å². The lowest BCUT2D eigenvalue weighted by atomic mass is 10.3. The summed E-state index contributed by atoms with van der Waals surface area (Å²) in [5, 5.41) is 3.28. The Morgan fingerprint density at radius 1 is 1.44 bits per heavy atom. The smallest absolute Gasteiger partial charge is 0.242 e. The minimum atomic E-state index is -3.41. The number of pyridine rings is 1. The second kappa shape index (κ2) is 5.24. The van der Waals surface area contributed by atoms with Gasteiger partial charge in [0.1, 0.15) is 10.7 Å². The van der Waals surface area contributed by atoms with E-state index in [0.29, 0.717) is 12.6 Å². The van der Waals surface area contributed by atoms with E-state index in [0.717, 1.165) is 17.8 Å². The molecule has 1 aromatic heterocycles. The number of aryl methyl sites for hydroxylation is 1. The van der Waals surface area contributed by atoms with E-state index in [1.807, 2.05) is 13.8 Å². The lowest BCUT2D eigenvalue weighted by Crippen LogP contribution is -2.24. The third kappa shape index (κ3) is 3.20. The van der Waals surface area contributed by atoms with E-state index < -0.39 is 10.0 Å². The Bertz CT molecular complexity index is 524. The van der Waals surface area contributed by atoms with E-state index in [1.54, 1.807) is 6.07 Å². The molecule has 0 saturated heterocycles. The highest BCUT2D eigenvalue weighted by atomic mass is 32.2. The van der Waals surface area contributed by atoms with Crippen LogP contribution in [0.25, 0.3) is 0 Å². The normalized spacial score (nSPS) is 15.7. The number of aromatic nitrogens is 1. The van der Waals surface area contributed by atoms with Crippen LogP contribution in [0.15, 0.2) is 17.2 Å². The number of nitrogens with one attached hydrogen (secondary N) is 2. The number of sulfonamides is 1. The van der Waals surface area contributed by atoms with Crippen LogP contribution in [0, 0.1) is 6.92 Å². The molecule has 1 fully saturated rings. The average molecular weight is 269 g/mol. The van der Waals surface area contributed by atoms with Crippen LogP contribution in [0.5, 0.6) is 0 Å². The molecule has 100 valence electrons. The molecule has 0 aliphatic heterocycles. The van der Waals surface area contributed by atoms with Gasteiger partial charge in [-0.3, -0.25) is 0 Å². The summed E-state index contributed by atoms with van der Waals surface area (Å²) < 4.78 is 26.4. The predicted molar refractivity (Wildman–Crippen MR) is 71.1 cm³/mol. The van der Waals surface area contributed by atoms with E-state index in [1.165, 1.54) is 19.0 Å². The molecule has 18 heavy (non-hydrogen) atoms. The molecule has 2 rings (SSSR count). The molecule has 1 aliphatic rings. The van der Waals surface area contributed by atoms with Crippen LogP contribution in [-0.4, -0.2) is 26.0 Å². The fourth-order valence-electron chi connectivity index (χ4n) is 1.59. The van der Waals surface area contributed by atoms with Gasteiger partial charge in [0.15, 0.2) is 0 Å². The zero-order valence-electron chi connectivity index (χ0n) is 10.7. The molecule has 0 aromatic carbocycles. The Balaban J connectivity index is 2.16. The van der Waals surface area contributed by atoms with E-state index in [9.17, 15) is 8.42 Å². The lowest BCUT2D eigenvalue weighted by Gasteiger charge is -2.10. The van der Waals surface area contributed by atoms with E-state index in [-0.39, 0.29) is 4.90 Å². The van der Waals surface area contributed by atoms with E-state index in [4.69, 9.17) is 0 Å². The van der Waals surface area contributed by atoms with Crippen molar-refractivity contribution in [3.63, 3.8) is 0 Å². The summed E-state index contributed by atoms with van der Waals surface area (Å²) in [6.45, 7) is 4.24. The summed E-state index contributed by atoms with van der Waals surface area (Å²) in [4.78, 5) is 4.43. The molecule has 0 radical (unpaired) electrons. The van der Waals surface area contributed by atoms with Crippen molar-refractivity contribution in [2.75, 3.05) is 11.9 Å². The lowest BCUT2D eigenvalue weighted by molar-refractivity contribution is 0.580. The summed E-state index contributed by atoms with van der Waals surface area (Å²) in [6, 6.07) is 2.17. The van der Waals surface area contributed by atoms with Gasteiger partial charge in [0.25, 0.3) is 0 Å². The standard InChI is InChI=1S/C12H19N3O2S/c1-3-6-14-18(16,17)11-7-9(2)12(13-8-11)15-10-4-5-10/h7-8,10,14H,3-6H2,1-2H3,(H,13,15). The van der Waals surface area contributed by atoms with Gasteiger partial charge in [-0.05, 0) is 37.8 Å². The highest BCUT2D eigenvalue weighted by Crippen LogP contribution is 2.26. The van der Waals surface area contributed by atoms with Crippen LogP contribution >= 0.6 is 0 Å². The molecule has 0 bridgehead atoms. The molecule has 5 nitrogen and oxygen atoms in total. The summed E-state index contributed by atoms with van der Waals surface area (Å²) >= 11 is 0. The van der Waals surface area contributed by atoms with Crippen LogP contribution in [0.4, 0.5) is 5.82 Å². The average Bonchev–Trinajstić information content (AvgIpc) is 3.13. The van der Waals surface area contributed by atoms with Crippen molar-refractivity contribution in [3.8, 4) is 0 Å². The van der Waals surface area contributed by atoms with Gasteiger partial charge in [-0.15, -0.1) is 0 Å². The molecule has 1 aromatic rings. The predicted octanol–water partition coefficient (Wildman–Crippen LogP) is 1.65. The van der Waals surface area contributed by atoms with Crippen LogP contribution in [0.3, 0.4) is 0 Å². The number of hydrogen-bond acceptors (Lipinski definition) is 4. The van der Waals surface area contributed by atoms with Crippen molar-refractivity contribution >= 4 is 15.8 Å². The molecular weight excluding hydrogens is 250 g/mol. The number of rotatable bonds is 6. The van der Waals surface area contributed by atoms with Crippen molar-refractivity contribution in [2.45, 2.75) is 44.0 Å². The quantitative estimate of drug-likeness (QED) is 0.824. The Hall–Kier alpha value is -1.14. The van der Waals surface area contributed by atoms with Gasteiger partial charge in [-0.25, -0.2) is 18.1 Å². The highest BCUT2D eigenvalue weighted by molar-refractivity contribution is 7.89. The molecule has 0 amide bonds. The van der Waals surface area contributed by atoms with Crippen LogP contribution in [0.1, 0.15) is 31.7 Å². The fraction of sp³-hybridized carbons (Fsp3) is 0.583. The second-order valence-corrected chi connectivity index (χ2v) is 6.42. The van der Waals surface area contributed by atoms with Crippen molar-refractivity contribution in [1.29, 1.82) is 0 Å². The Labute approximate surface area is 108 Å². The van der Waals surface area contributed by atoms with Crippen molar-refractivity contribution in [3.05, 3.63) is 17.8 Å². The minimum Gasteiger partial charge on any atom is -0.367 e. The van der Waals surface area contributed by atoms with Crippen LogP contribution in [-0.2, 0) is 10.0 Å². The minimum absolute atomic E-state index is 0.231. The van der Waals surface area contributed by atoms with Gasteiger partial charge < -0.3 is 5.32 Å². The summed E-state index contributed by atoms with van der Waals surface area (Å²) in [5.74, 6) is 0.784. The molecule has 6 heteroatoms. The molecule has 1 heterocycles. The summed E-state index contributed by atoms with van der Waals surface area (Å²) in [6.07, 6.45) is 4.51. The molecule has 0 spiro atoms. The molecule has 2 N–H and O–H groups in total. The van der Waals surface area contributed by atoms with Crippen LogP contribution in [0.2, 0.25) is 0 Å². The first-order valence-corrected chi connectivity index (χ1v) is 7.74. The van der Waals surface area contributed by atoms with Crippen molar-refractivity contribution in [2.24, 2.45) is 0 Å². The largest absolute Gasteiger partial charge is 0.367 e. The van der Waals surface area contributed by atoms with Gasteiger partial charge in [0, 0.05) is 18.8 Å². The summed E-state index contributed by atoms with van der Waals surface area (Å²) in [5.41, 5.74) is 0.862. The Morgan fingerprint density at radius 3 is 2.72 bits per heavy atom. The van der Waals surface area contributed by atoms with Gasteiger partial charge in [0.05, 0.1) is 0 Å². The van der Waals surface area contributed by atoms with Crippen LogP contribution < -0.4 is 10.0 Å². The number of anilines is 1. The molecule has 0 unspecified atom stereocenters. The SMILES string of the molecule is CCCNS(=O)(=O)c1cnc(NC2CC2)c(C)c1. The molecule has 1 aliphatic carbocycles. The van der Waals surface area contributed by atoms with Gasteiger partial charge >= 0.3 is 0 Å². The van der Waals surface area contributed by atoms with Gasteiger partial charge in [0.2, 0.25) is 10.0 Å². The monoisotopic (exact) mass is 269 g/mol. The first-order valence-electron chi connectivity index (χ1n) is 6.26. The molecule has 1 saturated carbocycles. The van der Waals surface area contributed by atoms with Crippen molar-refractivity contribution in [1.82, 2.24) is 9.71 Å². The van der Waals surface area contributed by atoms with E-state index >= 15 is 0 Å².